The van der Waals surface area contributed by atoms with Gasteiger partial charge in [0.05, 0.1) is 48.8 Å². The summed E-state index contributed by atoms with van der Waals surface area (Å²) >= 11 is 0. The molecule has 45 heavy (non-hydrogen) atoms. The molecule has 0 bridgehead atoms. The maximum Gasteiger partial charge on any atom is 0.334 e. The molecule has 8 heteroatoms. The zero-order valence-corrected chi connectivity index (χ0v) is 28.5. The zero-order valence-electron chi connectivity index (χ0n) is 28.5. The second kappa shape index (κ2) is 21.8. The third-order valence-electron chi connectivity index (χ3n) is 10.1. The van der Waals surface area contributed by atoms with Crippen LogP contribution in [0.4, 0.5) is 0 Å². The van der Waals surface area contributed by atoms with E-state index in [0.717, 1.165) is 70.6 Å². The molecule has 2 saturated heterocycles. The third-order valence-corrected chi connectivity index (χ3v) is 10.1. The highest BCUT2D eigenvalue weighted by Gasteiger charge is 2.36. The number of hydrogen-bond donors (Lipinski definition) is 4. The Morgan fingerprint density at radius 1 is 0.667 bits per heavy atom. The number of aliphatic hydroxyl groups is 4. The Bertz CT molecular complexity index is 833. The van der Waals surface area contributed by atoms with Crippen LogP contribution in [0.25, 0.3) is 0 Å². The molecule has 3 aliphatic rings. The Kier molecular flexibility index (Phi) is 18.6. The molecule has 9 atom stereocenters. The molecule has 2 fully saturated rings. The zero-order chi connectivity index (χ0) is 32.4. The lowest BCUT2D eigenvalue weighted by molar-refractivity contribution is -0.139. The fourth-order valence-corrected chi connectivity index (χ4v) is 7.29. The normalized spacial score (nSPS) is 27.8. The highest BCUT2D eigenvalue weighted by Crippen LogP contribution is 2.31. The van der Waals surface area contributed by atoms with E-state index in [1.165, 1.54) is 51.4 Å². The van der Waals surface area contributed by atoms with Crippen molar-refractivity contribution in [3.63, 3.8) is 0 Å². The standard InChI is InChI=1S/C37H66O8/c1-3-4-5-6-7-8-9-10-11-15-18-31(39)35-23-24-36(45-35)33(41)21-20-32(40)34-22-19-30(44-34)17-14-12-13-16-29(38)26-28-25-27(2)43-37(28)42/h25,27,29-36,38-41H,3-24,26H2,1-2H3/t27-,29-,30-,31-,32+,33-,34-,35-,36+/m1/s1. The lowest BCUT2D eigenvalue weighted by Crippen LogP contribution is -2.33. The Balaban J connectivity index is 1.17. The molecule has 0 aromatic carbocycles. The summed E-state index contributed by atoms with van der Waals surface area (Å²) in [6, 6.07) is 0. The van der Waals surface area contributed by atoms with Gasteiger partial charge in [-0.25, -0.2) is 4.79 Å². The number of ether oxygens (including phenoxy) is 3. The number of hydrogen-bond acceptors (Lipinski definition) is 8. The number of cyclic esters (lactones) is 1. The van der Waals surface area contributed by atoms with E-state index in [1.807, 2.05) is 6.92 Å². The minimum absolute atomic E-state index is 0.148. The third kappa shape index (κ3) is 14.7. The van der Waals surface area contributed by atoms with Crippen LogP contribution in [0.1, 0.15) is 162 Å². The second-order valence-corrected chi connectivity index (χ2v) is 14.2. The number of aliphatic hydroxyl groups excluding tert-OH is 4. The highest BCUT2D eigenvalue weighted by atomic mass is 16.5. The molecule has 0 amide bonds. The summed E-state index contributed by atoms with van der Waals surface area (Å²) in [7, 11) is 0. The first-order valence-corrected chi connectivity index (χ1v) is 18.7. The summed E-state index contributed by atoms with van der Waals surface area (Å²) in [5.41, 5.74) is 0.583. The van der Waals surface area contributed by atoms with Gasteiger partial charge < -0.3 is 34.6 Å². The van der Waals surface area contributed by atoms with Gasteiger partial charge in [-0.1, -0.05) is 90.4 Å². The highest BCUT2D eigenvalue weighted by molar-refractivity contribution is 5.90. The molecule has 3 aliphatic heterocycles. The van der Waals surface area contributed by atoms with E-state index in [2.05, 4.69) is 6.92 Å². The Labute approximate surface area is 273 Å². The van der Waals surface area contributed by atoms with Gasteiger partial charge in [-0.15, -0.1) is 0 Å². The molecule has 0 aromatic rings. The van der Waals surface area contributed by atoms with Crippen molar-refractivity contribution in [2.45, 2.75) is 216 Å². The summed E-state index contributed by atoms with van der Waals surface area (Å²) in [5, 5.41) is 42.4. The van der Waals surface area contributed by atoms with Crippen LogP contribution >= 0.6 is 0 Å². The van der Waals surface area contributed by atoms with Crippen molar-refractivity contribution in [2.75, 3.05) is 0 Å². The quantitative estimate of drug-likeness (QED) is 0.0634. The number of unbranched alkanes of at least 4 members (excludes halogenated alkanes) is 11. The molecule has 4 N–H and O–H groups in total. The van der Waals surface area contributed by atoms with E-state index in [1.54, 1.807) is 6.08 Å². The molecular weight excluding hydrogens is 572 g/mol. The molecule has 262 valence electrons. The topological polar surface area (TPSA) is 126 Å². The van der Waals surface area contributed by atoms with Crippen molar-refractivity contribution in [3.05, 3.63) is 11.6 Å². The summed E-state index contributed by atoms with van der Waals surface area (Å²) in [6.07, 6.45) is 21.5. The Morgan fingerprint density at radius 2 is 1.18 bits per heavy atom. The van der Waals surface area contributed by atoms with E-state index in [-0.39, 0.29) is 36.5 Å². The van der Waals surface area contributed by atoms with Crippen molar-refractivity contribution in [3.8, 4) is 0 Å². The molecule has 0 aromatic heterocycles. The van der Waals surface area contributed by atoms with Gasteiger partial charge in [-0.2, -0.15) is 0 Å². The van der Waals surface area contributed by atoms with E-state index in [0.29, 0.717) is 31.3 Å². The molecule has 0 radical (unpaired) electrons. The summed E-state index contributed by atoms with van der Waals surface area (Å²) < 4.78 is 17.3. The number of esters is 1. The molecule has 0 aliphatic carbocycles. The van der Waals surface area contributed by atoms with Crippen molar-refractivity contribution in [1.82, 2.24) is 0 Å². The monoisotopic (exact) mass is 638 g/mol. The smallest absolute Gasteiger partial charge is 0.334 e. The second-order valence-electron chi connectivity index (χ2n) is 14.2. The molecule has 8 nitrogen and oxygen atoms in total. The van der Waals surface area contributed by atoms with Crippen LogP contribution in [-0.2, 0) is 19.0 Å². The Hall–Kier alpha value is -1.03. The van der Waals surface area contributed by atoms with Crippen LogP contribution in [0.15, 0.2) is 11.6 Å². The first-order valence-electron chi connectivity index (χ1n) is 18.7. The summed E-state index contributed by atoms with van der Waals surface area (Å²) in [4.78, 5) is 11.7. The van der Waals surface area contributed by atoms with Crippen LogP contribution in [0.2, 0.25) is 0 Å². The SMILES string of the molecule is CCCCCCCCCCCC[C@@H](O)[C@H]1CC[C@@H]([C@H](O)CC[C@H](O)[C@H]2CC[C@@H](CCCCC[C@@H](O)CC3=C[C@@H](C)OC3=O)O2)O1. The number of carbonyl (C=O) groups excluding carboxylic acids is 1. The number of rotatable bonds is 25. The average Bonchev–Trinajstić information content (AvgIpc) is 3.77. The molecule has 0 spiro atoms. The first-order chi connectivity index (χ1) is 21.8. The van der Waals surface area contributed by atoms with Gasteiger partial charge in [0.25, 0.3) is 0 Å². The van der Waals surface area contributed by atoms with Gasteiger partial charge in [0.15, 0.2) is 0 Å². The van der Waals surface area contributed by atoms with E-state index in [4.69, 9.17) is 14.2 Å². The van der Waals surface area contributed by atoms with Gasteiger partial charge in [0.2, 0.25) is 0 Å². The van der Waals surface area contributed by atoms with Gasteiger partial charge >= 0.3 is 5.97 Å². The van der Waals surface area contributed by atoms with E-state index < -0.39 is 24.4 Å². The molecule has 0 saturated carbocycles. The van der Waals surface area contributed by atoms with E-state index in [9.17, 15) is 25.2 Å². The predicted molar refractivity (Wildman–Crippen MR) is 177 cm³/mol. The molecule has 3 heterocycles. The maximum absolute atomic E-state index is 11.7. The van der Waals surface area contributed by atoms with Crippen LogP contribution in [0.3, 0.4) is 0 Å². The van der Waals surface area contributed by atoms with Crippen molar-refractivity contribution in [1.29, 1.82) is 0 Å². The van der Waals surface area contributed by atoms with Crippen LogP contribution in [-0.4, -0.2) is 81.3 Å². The maximum atomic E-state index is 11.7. The van der Waals surface area contributed by atoms with Crippen molar-refractivity contribution < 1.29 is 39.4 Å². The van der Waals surface area contributed by atoms with Crippen LogP contribution < -0.4 is 0 Å². The molecule has 3 rings (SSSR count). The van der Waals surface area contributed by atoms with Crippen LogP contribution in [0.5, 0.6) is 0 Å². The lowest BCUT2D eigenvalue weighted by Gasteiger charge is -2.24. The molecule has 0 unspecified atom stereocenters. The van der Waals surface area contributed by atoms with Gasteiger partial charge in [-0.05, 0) is 70.8 Å². The Morgan fingerprint density at radius 3 is 1.78 bits per heavy atom. The molecular formula is C37H66O8. The summed E-state index contributed by atoms with van der Waals surface area (Å²) in [6.45, 7) is 4.07. The predicted octanol–water partition coefficient (Wildman–Crippen LogP) is 6.83. The number of carbonyl (C=O) groups is 1. The van der Waals surface area contributed by atoms with E-state index >= 15 is 0 Å². The van der Waals surface area contributed by atoms with Crippen molar-refractivity contribution >= 4 is 5.97 Å². The van der Waals surface area contributed by atoms with Crippen molar-refractivity contribution in [2.24, 2.45) is 0 Å². The first kappa shape index (κ1) is 38.4. The van der Waals surface area contributed by atoms with Gasteiger partial charge in [0.1, 0.15) is 6.10 Å². The minimum Gasteiger partial charge on any atom is -0.455 e. The lowest BCUT2D eigenvalue weighted by atomic mass is 9.98. The van der Waals surface area contributed by atoms with Gasteiger partial charge in [0, 0.05) is 12.0 Å². The fraction of sp³-hybridized carbons (Fsp3) is 0.919. The largest absolute Gasteiger partial charge is 0.455 e. The van der Waals surface area contributed by atoms with Crippen LogP contribution in [0, 0.1) is 0 Å². The average molecular weight is 639 g/mol. The van der Waals surface area contributed by atoms with Gasteiger partial charge in [-0.3, -0.25) is 0 Å². The minimum atomic E-state index is -0.638. The fourth-order valence-electron chi connectivity index (χ4n) is 7.29. The summed E-state index contributed by atoms with van der Waals surface area (Å²) in [5.74, 6) is -0.309.